The van der Waals surface area contributed by atoms with E-state index in [1.54, 1.807) is 11.8 Å². The largest absolute Gasteiger partial charge is 0.0900 e. The third kappa shape index (κ3) is 3.37. The molecule has 0 aromatic heterocycles. The van der Waals surface area contributed by atoms with Crippen molar-refractivity contribution in [2.24, 2.45) is 0 Å². The van der Waals surface area contributed by atoms with Gasteiger partial charge in [0.05, 0.1) is 0 Å². The first kappa shape index (κ1) is 11.2. The minimum Gasteiger partial charge on any atom is -0.0900 e. The molecule has 15 heavy (non-hydrogen) atoms. The minimum absolute atomic E-state index is 1.11. The molecule has 0 aliphatic carbocycles. The number of hydrogen-bond acceptors (Lipinski definition) is 1. The monoisotopic (exact) mass is 342 g/mol. The van der Waals surface area contributed by atoms with Gasteiger partial charge in [-0.2, -0.15) is 0 Å². The lowest BCUT2D eigenvalue weighted by molar-refractivity contribution is 1.38. The number of hydrogen-bond donors (Lipinski definition) is 0. The van der Waals surface area contributed by atoms with E-state index in [9.17, 15) is 0 Å². The van der Waals surface area contributed by atoms with E-state index in [2.05, 4.69) is 56.1 Å². The Balaban J connectivity index is 2.22. The molecule has 0 saturated heterocycles. The van der Waals surface area contributed by atoms with Crippen LogP contribution in [-0.2, 0) is 0 Å². The van der Waals surface area contributed by atoms with E-state index in [-0.39, 0.29) is 0 Å². The Morgan fingerprint density at radius 3 is 1.60 bits per heavy atom. The molecule has 0 radical (unpaired) electrons. The third-order valence-corrected chi connectivity index (χ3v) is 3.79. The number of benzene rings is 2. The summed E-state index contributed by atoms with van der Waals surface area (Å²) in [6, 6.07) is 16.6. The van der Waals surface area contributed by atoms with Gasteiger partial charge in [0.15, 0.2) is 0 Å². The van der Waals surface area contributed by atoms with Crippen molar-refractivity contribution in [3.8, 4) is 0 Å². The molecule has 0 amide bonds. The smallest absolute Gasteiger partial charge is 0.0186 e. The molecule has 0 spiro atoms. The van der Waals surface area contributed by atoms with E-state index >= 15 is 0 Å². The summed E-state index contributed by atoms with van der Waals surface area (Å²) in [5.41, 5.74) is 0. The van der Waals surface area contributed by atoms with E-state index in [0.29, 0.717) is 0 Å². The fraction of sp³-hybridized carbons (Fsp3) is 0. The Bertz CT molecular complexity index is 425. The molecule has 0 bridgehead atoms. The molecule has 0 nitrogen and oxygen atoms in total. The van der Waals surface area contributed by atoms with Crippen LogP contribution in [0.15, 0.2) is 67.3 Å². The summed E-state index contributed by atoms with van der Waals surface area (Å²) < 4.78 is 2.23. The number of rotatable bonds is 2. The van der Waals surface area contributed by atoms with Gasteiger partial charge in [-0.05, 0) is 36.4 Å². The summed E-state index contributed by atoms with van der Waals surface area (Å²) in [6.07, 6.45) is 0. The zero-order valence-corrected chi connectivity index (χ0v) is 11.8. The Hall–Kier alpha value is -0.250. The van der Waals surface area contributed by atoms with Crippen molar-refractivity contribution in [1.29, 1.82) is 0 Å². The van der Waals surface area contributed by atoms with Crippen molar-refractivity contribution in [2.45, 2.75) is 9.79 Å². The molecule has 0 unspecified atom stereocenters. The third-order valence-electron chi connectivity index (χ3n) is 1.83. The molecule has 0 aliphatic heterocycles. The van der Waals surface area contributed by atoms with E-state index < -0.39 is 0 Å². The van der Waals surface area contributed by atoms with Crippen molar-refractivity contribution < 1.29 is 0 Å². The van der Waals surface area contributed by atoms with Crippen LogP contribution in [0.25, 0.3) is 0 Å². The molecule has 2 rings (SSSR count). The average Bonchev–Trinajstić information content (AvgIpc) is 2.17. The van der Waals surface area contributed by atoms with Crippen molar-refractivity contribution >= 4 is 43.6 Å². The Morgan fingerprint density at radius 1 is 0.733 bits per heavy atom. The van der Waals surface area contributed by atoms with Crippen LogP contribution in [-0.4, -0.2) is 0 Å². The molecule has 3 heteroatoms. The van der Waals surface area contributed by atoms with Crippen molar-refractivity contribution in [2.75, 3.05) is 0 Å². The van der Waals surface area contributed by atoms with Gasteiger partial charge >= 0.3 is 0 Å². The van der Waals surface area contributed by atoms with Crippen LogP contribution in [0, 0.1) is 0 Å². The van der Waals surface area contributed by atoms with Gasteiger partial charge in [0, 0.05) is 18.7 Å². The zero-order valence-electron chi connectivity index (χ0n) is 7.78. The second-order valence-corrected chi connectivity index (χ2v) is 6.00. The maximum atomic E-state index is 3.47. The van der Waals surface area contributed by atoms with Crippen LogP contribution >= 0.6 is 43.6 Å². The topological polar surface area (TPSA) is 0 Å². The normalized spacial score (nSPS) is 10.3. The van der Waals surface area contributed by atoms with Crippen LogP contribution in [0.1, 0.15) is 0 Å². The standard InChI is InChI=1S/C12H8Br2S/c13-9-3-1-5-11(7-9)15-12-6-2-4-10(14)8-12/h1-8H. The van der Waals surface area contributed by atoms with Gasteiger partial charge in [0.2, 0.25) is 0 Å². The van der Waals surface area contributed by atoms with Gasteiger partial charge in [-0.25, -0.2) is 0 Å². The lowest BCUT2D eigenvalue weighted by atomic mass is 10.4. The van der Waals surface area contributed by atoms with E-state index in [4.69, 9.17) is 0 Å². The first-order valence-corrected chi connectivity index (χ1v) is 6.83. The molecule has 0 saturated carbocycles. The molecular weight excluding hydrogens is 336 g/mol. The average molecular weight is 344 g/mol. The van der Waals surface area contributed by atoms with Crippen LogP contribution in [0.4, 0.5) is 0 Å². The molecule has 0 aliphatic rings. The van der Waals surface area contributed by atoms with Gasteiger partial charge in [-0.3, -0.25) is 0 Å². The van der Waals surface area contributed by atoms with Crippen LogP contribution in [0.5, 0.6) is 0 Å². The predicted molar refractivity (Wildman–Crippen MR) is 72.4 cm³/mol. The Labute approximate surface area is 110 Å². The highest BCUT2D eigenvalue weighted by atomic mass is 79.9. The second kappa shape index (κ2) is 5.19. The van der Waals surface area contributed by atoms with Gasteiger partial charge < -0.3 is 0 Å². The second-order valence-electron chi connectivity index (χ2n) is 3.02. The molecule has 2 aromatic carbocycles. The van der Waals surface area contributed by atoms with E-state index in [1.165, 1.54) is 9.79 Å². The van der Waals surface area contributed by atoms with E-state index in [1.807, 2.05) is 24.3 Å². The maximum Gasteiger partial charge on any atom is 0.0186 e. The van der Waals surface area contributed by atoms with Gasteiger partial charge in [0.25, 0.3) is 0 Å². The van der Waals surface area contributed by atoms with Crippen LogP contribution in [0.2, 0.25) is 0 Å². The lowest BCUT2D eigenvalue weighted by Crippen LogP contribution is -1.74. The summed E-state index contributed by atoms with van der Waals surface area (Å²) in [5.74, 6) is 0. The maximum absolute atomic E-state index is 3.47. The predicted octanol–water partition coefficient (Wildman–Crippen LogP) is 5.36. The highest BCUT2D eigenvalue weighted by molar-refractivity contribution is 9.10. The summed E-state index contributed by atoms with van der Waals surface area (Å²) in [5, 5.41) is 0. The Morgan fingerprint density at radius 2 is 1.20 bits per heavy atom. The van der Waals surface area contributed by atoms with Crippen LogP contribution in [0.3, 0.4) is 0 Å². The first-order valence-electron chi connectivity index (χ1n) is 4.43. The summed E-state index contributed by atoms with van der Waals surface area (Å²) in [7, 11) is 0. The molecule has 0 fully saturated rings. The fourth-order valence-electron chi connectivity index (χ4n) is 1.20. The molecule has 76 valence electrons. The molecule has 0 atom stereocenters. The van der Waals surface area contributed by atoms with Crippen LogP contribution < -0.4 is 0 Å². The molecule has 2 aromatic rings. The summed E-state index contributed by atoms with van der Waals surface area (Å²) in [4.78, 5) is 2.48. The molecule has 0 heterocycles. The van der Waals surface area contributed by atoms with Crippen molar-refractivity contribution in [3.63, 3.8) is 0 Å². The van der Waals surface area contributed by atoms with E-state index in [0.717, 1.165) is 8.95 Å². The summed E-state index contributed by atoms with van der Waals surface area (Å²) in [6.45, 7) is 0. The highest BCUT2D eigenvalue weighted by Gasteiger charge is 1.98. The zero-order chi connectivity index (χ0) is 10.7. The highest BCUT2D eigenvalue weighted by Crippen LogP contribution is 2.30. The fourth-order valence-corrected chi connectivity index (χ4v) is 3.24. The first-order chi connectivity index (χ1) is 7.24. The summed E-state index contributed by atoms with van der Waals surface area (Å²) >= 11 is 8.69. The minimum atomic E-state index is 1.11. The van der Waals surface area contributed by atoms with Crippen molar-refractivity contribution in [1.82, 2.24) is 0 Å². The molecular formula is C12H8Br2S. The number of halogens is 2. The Kier molecular flexibility index (Phi) is 3.89. The molecule has 0 N–H and O–H groups in total. The lowest BCUT2D eigenvalue weighted by Gasteiger charge is -2.02. The van der Waals surface area contributed by atoms with Gasteiger partial charge in [-0.15, -0.1) is 0 Å². The SMILES string of the molecule is Brc1cccc(Sc2cccc(Br)c2)c1. The quantitative estimate of drug-likeness (QED) is 0.707. The van der Waals surface area contributed by atoms with Gasteiger partial charge in [-0.1, -0.05) is 55.8 Å². The van der Waals surface area contributed by atoms with Gasteiger partial charge in [0.1, 0.15) is 0 Å². The van der Waals surface area contributed by atoms with Crippen molar-refractivity contribution in [3.05, 3.63) is 57.5 Å².